The molecule has 0 unspecified atom stereocenters. The van der Waals surface area contributed by atoms with Gasteiger partial charge >= 0.3 is 0 Å². The molecule has 0 spiro atoms. The molecule has 98 valence electrons. The Morgan fingerprint density at radius 1 is 1.00 bits per heavy atom. The van der Waals surface area contributed by atoms with E-state index in [1.165, 1.54) is 23.3 Å². The van der Waals surface area contributed by atoms with Crippen molar-refractivity contribution in [3.63, 3.8) is 0 Å². The highest BCUT2D eigenvalue weighted by Gasteiger charge is 2.00. The molecule has 2 aromatic rings. The second-order valence-corrected chi connectivity index (χ2v) is 4.61. The molecule has 0 heterocycles. The molecule has 0 atom stereocenters. The van der Waals surface area contributed by atoms with Gasteiger partial charge in [-0.2, -0.15) is 5.10 Å². The first-order valence-electron chi connectivity index (χ1n) is 6.20. The van der Waals surface area contributed by atoms with Gasteiger partial charge < -0.3 is 0 Å². The first-order chi connectivity index (χ1) is 9.06. The zero-order chi connectivity index (χ0) is 13.8. The molecule has 0 aliphatic carbocycles. The number of halogens is 1. The van der Waals surface area contributed by atoms with E-state index in [2.05, 4.69) is 36.5 Å². The van der Waals surface area contributed by atoms with Crippen molar-refractivity contribution in [2.45, 2.75) is 20.8 Å². The van der Waals surface area contributed by atoms with Crippen LogP contribution in [0, 0.1) is 19.7 Å². The maximum Gasteiger partial charge on any atom is 0.123 e. The van der Waals surface area contributed by atoms with Crippen molar-refractivity contribution in [3.05, 3.63) is 65.0 Å². The molecule has 2 aromatic carbocycles. The molecule has 1 N–H and O–H groups in total. The largest absolute Gasteiger partial charge is 0.278 e. The summed E-state index contributed by atoms with van der Waals surface area (Å²) in [7, 11) is 0. The van der Waals surface area contributed by atoms with Gasteiger partial charge in [0, 0.05) is 0 Å². The fourth-order valence-corrected chi connectivity index (χ4v) is 1.70. The van der Waals surface area contributed by atoms with Crippen molar-refractivity contribution >= 4 is 11.4 Å². The van der Waals surface area contributed by atoms with Gasteiger partial charge in [-0.15, -0.1) is 0 Å². The van der Waals surface area contributed by atoms with Crippen LogP contribution in [0.1, 0.15) is 23.6 Å². The summed E-state index contributed by atoms with van der Waals surface area (Å²) in [5, 5.41) is 4.31. The number of nitrogens with zero attached hydrogens (tertiary/aromatic N) is 1. The molecule has 0 fully saturated rings. The topological polar surface area (TPSA) is 24.4 Å². The standard InChI is InChI=1S/C16H17FN2/c1-11-4-5-14(10-12(11)2)13(3)18-19-16-8-6-15(17)7-9-16/h4-10,19H,1-3H3/b18-13-. The molecule has 0 aromatic heterocycles. The zero-order valence-corrected chi connectivity index (χ0v) is 11.4. The number of hydrazone groups is 1. The second-order valence-electron chi connectivity index (χ2n) is 4.61. The van der Waals surface area contributed by atoms with E-state index in [1.54, 1.807) is 12.1 Å². The number of benzene rings is 2. The molecule has 19 heavy (non-hydrogen) atoms. The second kappa shape index (κ2) is 5.65. The minimum Gasteiger partial charge on any atom is -0.278 e. The third kappa shape index (κ3) is 3.41. The minimum absolute atomic E-state index is 0.250. The van der Waals surface area contributed by atoms with E-state index in [4.69, 9.17) is 0 Å². The van der Waals surface area contributed by atoms with Gasteiger partial charge in [-0.1, -0.05) is 12.1 Å². The monoisotopic (exact) mass is 256 g/mol. The van der Waals surface area contributed by atoms with Crippen LogP contribution in [0.15, 0.2) is 47.6 Å². The quantitative estimate of drug-likeness (QED) is 0.643. The van der Waals surface area contributed by atoms with E-state index in [1.807, 2.05) is 13.0 Å². The van der Waals surface area contributed by atoms with Gasteiger partial charge in [0.05, 0.1) is 11.4 Å². The van der Waals surface area contributed by atoms with E-state index >= 15 is 0 Å². The van der Waals surface area contributed by atoms with Crippen molar-refractivity contribution in [2.75, 3.05) is 5.43 Å². The first-order valence-corrected chi connectivity index (χ1v) is 6.20. The van der Waals surface area contributed by atoms with E-state index in [0.29, 0.717) is 0 Å². The molecule has 2 nitrogen and oxygen atoms in total. The zero-order valence-electron chi connectivity index (χ0n) is 11.4. The van der Waals surface area contributed by atoms with Crippen LogP contribution in [0.3, 0.4) is 0 Å². The highest BCUT2D eigenvalue weighted by Crippen LogP contribution is 2.12. The molecule has 0 saturated carbocycles. The summed E-state index contributed by atoms with van der Waals surface area (Å²) in [6, 6.07) is 12.4. The first kappa shape index (κ1) is 13.3. The molecule has 3 heteroatoms. The van der Waals surface area contributed by atoms with Crippen LogP contribution < -0.4 is 5.43 Å². The summed E-state index contributed by atoms with van der Waals surface area (Å²) in [6.45, 7) is 6.11. The molecule has 0 saturated heterocycles. The third-order valence-corrected chi connectivity index (χ3v) is 3.12. The summed E-state index contributed by atoms with van der Waals surface area (Å²) in [5.41, 5.74) is 8.18. The lowest BCUT2D eigenvalue weighted by molar-refractivity contribution is 0.628. The predicted molar refractivity (Wildman–Crippen MR) is 78.1 cm³/mol. The van der Waals surface area contributed by atoms with Crippen molar-refractivity contribution < 1.29 is 4.39 Å². The van der Waals surface area contributed by atoms with Crippen LogP contribution >= 0.6 is 0 Å². The molecular weight excluding hydrogens is 239 g/mol. The smallest absolute Gasteiger partial charge is 0.123 e. The fraction of sp³-hybridized carbons (Fsp3) is 0.188. The van der Waals surface area contributed by atoms with Gasteiger partial charge in [0.15, 0.2) is 0 Å². The normalized spacial score (nSPS) is 11.5. The minimum atomic E-state index is -0.250. The number of nitrogens with one attached hydrogen (secondary N) is 1. The highest BCUT2D eigenvalue weighted by atomic mass is 19.1. The number of aryl methyl sites for hydroxylation is 2. The number of hydrogen-bond donors (Lipinski definition) is 1. The summed E-state index contributed by atoms with van der Waals surface area (Å²) in [5.74, 6) is -0.250. The number of anilines is 1. The predicted octanol–water partition coefficient (Wildman–Crippen LogP) is 4.28. The van der Waals surface area contributed by atoms with Crippen LogP contribution in [0.5, 0.6) is 0 Å². The molecule has 0 bridgehead atoms. The van der Waals surface area contributed by atoms with Crippen LogP contribution in [-0.2, 0) is 0 Å². The molecule has 0 amide bonds. The Morgan fingerprint density at radius 3 is 2.32 bits per heavy atom. The lowest BCUT2D eigenvalue weighted by atomic mass is 10.0. The van der Waals surface area contributed by atoms with Gasteiger partial charge in [0.1, 0.15) is 5.82 Å². The van der Waals surface area contributed by atoms with Gasteiger partial charge in [-0.3, -0.25) is 5.43 Å². The number of hydrogen-bond acceptors (Lipinski definition) is 2. The van der Waals surface area contributed by atoms with Gasteiger partial charge in [0.2, 0.25) is 0 Å². The third-order valence-electron chi connectivity index (χ3n) is 3.12. The maximum atomic E-state index is 12.8. The van der Waals surface area contributed by atoms with Gasteiger partial charge in [-0.05, 0) is 67.8 Å². The van der Waals surface area contributed by atoms with Crippen LogP contribution in [0.25, 0.3) is 0 Å². The van der Waals surface area contributed by atoms with Crippen molar-refractivity contribution in [2.24, 2.45) is 5.10 Å². The lowest BCUT2D eigenvalue weighted by Gasteiger charge is -2.06. The lowest BCUT2D eigenvalue weighted by Crippen LogP contribution is -2.00. The Hall–Kier alpha value is -2.16. The summed E-state index contributed by atoms with van der Waals surface area (Å²) >= 11 is 0. The molecule has 0 aliphatic rings. The van der Waals surface area contributed by atoms with Crippen molar-refractivity contribution in [3.8, 4) is 0 Å². The van der Waals surface area contributed by atoms with Crippen LogP contribution in [0.2, 0.25) is 0 Å². The van der Waals surface area contributed by atoms with Crippen molar-refractivity contribution in [1.29, 1.82) is 0 Å². The van der Waals surface area contributed by atoms with Gasteiger partial charge in [-0.25, -0.2) is 4.39 Å². The van der Waals surface area contributed by atoms with Crippen molar-refractivity contribution in [1.82, 2.24) is 0 Å². The Kier molecular flexibility index (Phi) is 3.95. The summed E-state index contributed by atoms with van der Waals surface area (Å²) < 4.78 is 12.8. The SMILES string of the molecule is C/C(=N/Nc1ccc(F)cc1)c1ccc(C)c(C)c1. The maximum absolute atomic E-state index is 12.8. The summed E-state index contributed by atoms with van der Waals surface area (Å²) in [6.07, 6.45) is 0. The Balaban J connectivity index is 2.14. The average molecular weight is 256 g/mol. The molecule has 0 aliphatic heterocycles. The Bertz CT molecular complexity index is 601. The molecule has 2 rings (SSSR count). The number of rotatable bonds is 3. The summed E-state index contributed by atoms with van der Waals surface area (Å²) in [4.78, 5) is 0. The molecule has 0 radical (unpaired) electrons. The van der Waals surface area contributed by atoms with E-state index < -0.39 is 0 Å². The highest BCUT2D eigenvalue weighted by molar-refractivity contribution is 5.99. The van der Waals surface area contributed by atoms with Gasteiger partial charge in [0.25, 0.3) is 0 Å². The Labute approximate surface area is 113 Å². The van der Waals surface area contributed by atoms with E-state index in [9.17, 15) is 4.39 Å². The van der Waals surface area contributed by atoms with E-state index in [-0.39, 0.29) is 5.82 Å². The van der Waals surface area contributed by atoms with Crippen LogP contribution in [-0.4, -0.2) is 5.71 Å². The Morgan fingerprint density at radius 2 is 1.68 bits per heavy atom. The van der Waals surface area contributed by atoms with Crippen LogP contribution in [0.4, 0.5) is 10.1 Å². The average Bonchev–Trinajstić information content (AvgIpc) is 2.41. The fourth-order valence-electron chi connectivity index (χ4n) is 1.70. The van der Waals surface area contributed by atoms with E-state index in [0.717, 1.165) is 17.0 Å². The molecular formula is C16H17FN2.